The van der Waals surface area contributed by atoms with E-state index in [-0.39, 0.29) is 4.32 Å². The van der Waals surface area contributed by atoms with Gasteiger partial charge in [0.15, 0.2) is 15.8 Å². The molecule has 1 N–H and O–H groups in total. The number of thioether (sulfide) groups is 1. The summed E-state index contributed by atoms with van der Waals surface area (Å²) in [6.07, 6.45) is 1.70. The predicted molar refractivity (Wildman–Crippen MR) is 142 cm³/mol. The van der Waals surface area contributed by atoms with Crippen LogP contribution in [-0.2, 0) is 11.4 Å². The minimum atomic E-state index is -0.415. The highest BCUT2D eigenvalue weighted by atomic mass is 35.5. The lowest BCUT2D eigenvalue weighted by Crippen LogP contribution is -2.44. The van der Waals surface area contributed by atoms with E-state index in [1.807, 2.05) is 43.3 Å². The van der Waals surface area contributed by atoms with E-state index < -0.39 is 11.8 Å². The van der Waals surface area contributed by atoms with Crippen LogP contribution in [0.3, 0.4) is 0 Å². The van der Waals surface area contributed by atoms with Crippen molar-refractivity contribution in [1.29, 1.82) is 0 Å². The van der Waals surface area contributed by atoms with Crippen LogP contribution in [0.1, 0.15) is 28.4 Å². The third kappa shape index (κ3) is 6.03. The number of hydrogen-bond donors (Lipinski definition) is 1. The van der Waals surface area contributed by atoms with Gasteiger partial charge in [-0.05, 0) is 61.1 Å². The molecule has 6 nitrogen and oxygen atoms in total. The third-order valence-electron chi connectivity index (χ3n) is 4.95. The molecule has 0 spiro atoms. The Labute approximate surface area is 217 Å². The van der Waals surface area contributed by atoms with Gasteiger partial charge in [-0.15, -0.1) is 0 Å². The number of rotatable bonds is 8. The van der Waals surface area contributed by atoms with Crippen LogP contribution in [0.25, 0.3) is 6.08 Å². The van der Waals surface area contributed by atoms with Crippen LogP contribution in [0.2, 0.25) is 5.02 Å². The first-order valence-electron chi connectivity index (χ1n) is 10.7. The summed E-state index contributed by atoms with van der Waals surface area (Å²) >= 11 is 12.7. The second-order valence-corrected chi connectivity index (χ2v) is 9.43. The summed E-state index contributed by atoms with van der Waals surface area (Å²) in [6, 6.07) is 21.5. The average molecular weight is 525 g/mol. The number of ether oxygens (including phenoxy) is 2. The number of nitrogens with zero attached hydrogens (tertiary/aromatic N) is 1. The van der Waals surface area contributed by atoms with Gasteiger partial charge in [0.05, 0.1) is 11.5 Å². The first-order chi connectivity index (χ1) is 17.0. The molecule has 0 aromatic heterocycles. The first kappa shape index (κ1) is 24.8. The van der Waals surface area contributed by atoms with Crippen molar-refractivity contribution in [1.82, 2.24) is 10.4 Å². The monoisotopic (exact) mass is 524 g/mol. The second kappa shape index (κ2) is 11.4. The molecular formula is C26H21ClN2O4S2. The molecule has 1 aliphatic heterocycles. The molecule has 0 unspecified atom stereocenters. The minimum Gasteiger partial charge on any atom is -0.490 e. The molecule has 3 aromatic carbocycles. The molecule has 2 amide bonds. The zero-order chi connectivity index (χ0) is 24.8. The molecule has 1 fully saturated rings. The van der Waals surface area contributed by atoms with Gasteiger partial charge in [-0.1, -0.05) is 65.8 Å². The predicted octanol–water partition coefficient (Wildman–Crippen LogP) is 5.86. The third-order valence-corrected chi connectivity index (χ3v) is 6.62. The number of amides is 2. The summed E-state index contributed by atoms with van der Waals surface area (Å²) in [5.41, 5.74) is 4.60. The lowest BCUT2D eigenvalue weighted by Gasteiger charge is -2.15. The number of carbonyl (C=O) groups is 2. The average Bonchev–Trinajstić information content (AvgIpc) is 3.12. The van der Waals surface area contributed by atoms with E-state index in [1.54, 1.807) is 42.5 Å². The van der Waals surface area contributed by atoms with Crippen LogP contribution in [0.5, 0.6) is 11.5 Å². The quantitative estimate of drug-likeness (QED) is 0.294. The van der Waals surface area contributed by atoms with E-state index in [0.717, 1.165) is 27.9 Å². The van der Waals surface area contributed by atoms with Crippen molar-refractivity contribution in [2.45, 2.75) is 13.5 Å². The maximum Gasteiger partial charge on any atom is 0.285 e. The normalized spacial score (nSPS) is 14.3. The zero-order valence-corrected chi connectivity index (χ0v) is 21.1. The van der Waals surface area contributed by atoms with Gasteiger partial charge in [0, 0.05) is 16.1 Å². The summed E-state index contributed by atoms with van der Waals surface area (Å²) in [5.74, 6) is 0.288. The van der Waals surface area contributed by atoms with Gasteiger partial charge in [-0.2, -0.15) is 5.01 Å². The van der Waals surface area contributed by atoms with Gasteiger partial charge >= 0.3 is 0 Å². The molecule has 1 aliphatic rings. The van der Waals surface area contributed by atoms with Crippen molar-refractivity contribution in [3.63, 3.8) is 0 Å². The van der Waals surface area contributed by atoms with Crippen molar-refractivity contribution >= 4 is 57.8 Å². The van der Waals surface area contributed by atoms with E-state index in [9.17, 15) is 9.59 Å². The van der Waals surface area contributed by atoms with Gasteiger partial charge in [-0.25, -0.2) is 0 Å². The Kier molecular flexibility index (Phi) is 8.07. The maximum absolute atomic E-state index is 12.9. The molecule has 0 saturated carbocycles. The topological polar surface area (TPSA) is 67.9 Å². The molecule has 4 rings (SSSR count). The highest BCUT2D eigenvalue weighted by molar-refractivity contribution is 8.26. The van der Waals surface area contributed by atoms with Crippen LogP contribution < -0.4 is 14.9 Å². The molecule has 0 atom stereocenters. The van der Waals surface area contributed by atoms with Gasteiger partial charge < -0.3 is 9.47 Å². The number of benzene rings is 3. The number of halogens is 1. The summed E-state index contributed by atoms with van der Waals surface area (Å²) in [7, 11) is 0. The Hall–Kier alpha value is -3.33. The van der Waals surface area contributed by atoms with Crippen molar-refractivity contribution in [2.75, 3.05) is 6.61 Å². The van der Waals surface area contributed by atoms with E-state index >= 15 is 0 Å². The second-order valence-electron chi connectivity index (χ2n) is 7.34. The van der Waals surface area contributed by atoms with E-state index in [0.29, 0.717) is 40.2 Å². The Balaban J connectivity index is 1.49. The fourth-order valence-corrected chi connectivity index (χ4v) is 4.61. The fourth-order valence-electron chi connectivity index (χ4n) is 3.24. The maximum atomic E-state index is 12.9. The minimum absolute atomic E-state index is 0.246. The van der Waals surface area contributed by atoms with E-state index in [2.05, 4.69) is 5.43 Å². The molecule has 9 heteroatoms. The van der Waals surface area contributed by atoms with Gasteiger partial charge in [0.25, 0.3) is 11.8 Å². The highest BCUT2D eigenvalue weighted by Crippen LogP contribution is 2.35. The Morgan fingerprint density at radius 1 is 1.06 bits per heavy atom. The Morgan fingerprint density at radius 3 is 2.54 bits per heavy atom. The molecule has 3 aromatic rings. The summed E-state index contributed by atoms with van der Waals surface area (Å²) in [4.78, 5) is 25.8. The van der Waals surface area contributed by atoms with Crippen LogP contribution in [0.15, 0.2) is 77.7 Å². The van der Waals surface area contributed by atoms with E-state index in [4.69, 9.17) is 33.3 Å². The van der Waals surface area contributed by atoms with Crippen LogP contribution in [0, 0.1) is 0 Å². The molecule has 0 bridgehead atoms. The summed E-state index contributed by atoms with van der Waals surface area (Å²) in [6.45, 7) is 2.61. The first-order valence-corrected chi connectivity index (χ1v) is 12.3. The molecule has 178 valence electrons. The zero-order valence-electron chi connectivity index (χ0n) is 18.7. The standard InChI is InChI=1S/C26H21ClN2O4S2/c1-2-32-22-14-17(12-13-21(22)33-16-19-10-6-7-11-20(19)27)15-23-25(31)29(26(34)35-23)28-24(30)18-8-4-3-5-9-18/h3-15H,2,16H2,1H3,(H,28,30)/b23-15-. The van der Waals surface area contributed by atoms with E-state index in [1.165, 1.54) is 0 Å². The van der Waals surface area contributed by atoms with Crippen molar-refractivity contribution in [3.8, 4) is 11.5 Å². The fraction of sp³-hybridized carbons (Fsp3) is 0.115. The number of thiocarbonyl (C=S) groups is 1. The molecular weight excluding hydrogens is 504 g/mol. The Morgan fingerprint density at radius 2 is 1.80 bits per heavy atom. The van der Waals surface area contributed by atoms with Crippen LogP contribution >= 0.6 is 35.6 Å². The molecule has 35 heavy (non-hydrogen) atoms. The molecule has 0 aliphatic carbocycles. The van der Waals surface area contributed by atoms with Crippen LogP contribution in [-0.4, -0.2) is 27.8 Å². The van der Waals surface area contributed by atoms with Crippen molar-refractivity contribution in [2.24, 2.45) is 0 Å². The van der Waals surface area contributed by atoms with Crippen LogP contribution in [0.4, 0.5) is 0 Å². The van der Waals surface area contributed by atoms with Gasteiger partial charge in [0.2, 0.25) is 0 Å². The molecule has 1 heterocycles. The smallest absolute Gasteiger partial charge is 0.285 e. The van der Waals surface area contributed by atoms with Crippen molar-refractivity contribution < 1.29 is 19.1 Å². The number of hydrazine groups is 1. The lowest BCUT2D eigenvalue weighted by molar-refractivity contribution is -0.123. The van der Waals surface area contributed by atoms with Gasteiger partial charge in [0.1, 0.15) is 6.61 Å². The van der Waals surface area contributed by atoms with Gasteiger partial charge in [-0.3, -0.25) is 15.0 Å². The molecule has 0 radical (unpaired) electrons. The molecule has 1 saturated heterocycles. The Bertz CT molecular complexity index is 1300. The highest BCUT2D eigenvalue weighted by Gasteiger charge is 2.33. The summed E-state index contributed by atoms with van der Waals surface area (Å²) in [5, 5.41) is 1.72. The lowest BCUT2D eigenvalue weighted by atomic mass is 10.1. The van der Waals surface area contributed by atoms with Crippen molar-refractivity contribution in [3.05, 3.63) is 99.4 Å². The number of hydrogen-bond acceptors (Lipinski definition) is 6. The SMILES string of the molecule is CCOc1cc(/C=C2\SC(=S)N(NC(=O)c3ccccc3)C2=O)ccc1OCc1ccccc1Cl. The number of carbonyl (C=O) groups excluding carboxylic acids is 2. The largest absolute Gasteiger partial charge is 0.490 e. The summed E-state index contributed by atoms with van der Waals surface area (Å²) < 4.78 is 11.9. The number of nitrogens with one attached hydrogen (secondary N) is 1.